The van der Waals surface area contributed by atoms with Crippen LogP contribution in [0.5, 0.6) is 0 Å². The first-order chi connectivity index (χ1) is 5.21. The number of halogens is 3. The third-order valence-electron chi connectivity index (χ3n) is 0.417. The molecule has 15 heavy (non-hydrogen) atoms. The minimum atomic E-state index is -4.85. The van der Waals surface area contributed by atoms with Crippen LogP contribution in [0.3, 0.4) is 0 Å². The minimum Gasteiger partial charge on any atom is -0.907 e. The van der Waals surface area contributed by atoms with E-state index in [1.165, 1.54) is 0 Å². The van der Waals surface area contributed by atoms with Gasteiger partial charge in [0, 0.05) is 0 Å². The van der Waals surface area contributed by atoms with Crippen LogP contribution in [-0.2, 0) is 9.53 Å². The van der Waals surface area contributed by atoms with Crippen LogP contribution in [0.4, 0.5) is 13.2 Å². The molecule has 0 aliphatic rings. The van der Waals surface area contributed by atoms with Gasteiger partial charge in [0.1, 0.15) is 0 Å². The van der Waals surface area contributed by atoms with Crippen LogP contribution in [0.2, 0.25) is 0 Å². The Morgan fingerprint density at radius 3 is 1.33 bits per heavy atom. The number of esters is 1. The summed E-state index contributed by atoms with van der Waals surface area (Å²) < 4.78 is 36.3. The molecule has 0 bridgehead atoms. The summed E-state index contributed by atoms with van der Waals surface area (Å²) in [4.78, 5) is 9.49. The van der Waals surface area contributed by atoms with Gasteiger partial charge in [-0.3, -0.25) is 7.32 Å². The van der Waals surface area contributed by atoms with E-state index in [0.29, 0.717) is 7.11 Å². The Bertz CT molecular complexity index is 142. The second kappa shape index (κ2) is 18.1. The van der Waals surface area contributed by atoms with Crippen LogP contribution in [0.15, 0.2) is 0 Å². The van der Waals surface area contributed by atoms with Gasteiger partial charge >= 0.3 is 166 Å². The second-order valence-electron chi connectivity index (χ2n) is 1.28. The Morgan fingerprint density at radius 1 is 1.13 bits per heavy atom. The molecule has 0 unspecified atom stereocenters. The molecule has 0 aliphatic carbocycles. The summed E-state index contributed by atoms with van der Waals surface area (Å²) in [6.07, 6.45) is -4.85. The van der Waals surface area contributed by atoms with Gasteiger partial charge in [-0.2, -0.15) is 13.2 Å². The van der Waals surface area contributed by atoms with E-state index in [2.05, 4.69) is 4.74 Å². The molecule has 0 N–H and O–H groups in total. The first-order valence-electron chi connectivity index (χ1n) is 2.34. The van der Waals surface area contributed by atoms with Crippen LogP contribution < -0.4 is 169 Å². The average Bonchev–Trinajstić information content (AvgIpc) is 1.82. The zero-order chi connectivity index (χ0) is 10.4. The van der Waals surface area contributed by atoms with E-state index in [1.807, 2.05) is 0 Å². The van der Waals surface area contributed by atoms with Crippen molar-refractivity contribution in [3.8, 4) is 0 Å². The fourth-order valence-corrected chi connectivity index (χ4v) is 0.116. The van der Waals surface area contributed by atoms with E-state index in [-0.39, 0.29) is 154 Å². The molecule has 0 radical (unpaired) electrons. The molecule has 0 rings (SSSR count). The maximum atomic E-state index is 11.0. The van der Waals surface area contributed by atoms with Gasteiger partial charge in [-0.25, -0.2) is 4.79 Å². The average molecular weight is 304 g/mol. The Kier molecular flexibility index (Phi) is 38.0. The number of carbonyl (C=O) groups is 1. The molecular weight excluding hydrogens is 301 g/mol. The largest absolute Gasteiger partial charge is 1.00 e. The van der Waals surface area contributed by atoms with Gasteiger partial charge in [0.15, 0.2) is 0 Å². The number of rotatable bonds is 0. The van der Waals surface area contributed by atoms with Gasteiger partial charge in [0.05, 0.1) is 7.11 Å². The zero-order valence-corrected chi connectivity index (χ0v) is 18.1. The van der Waals surface area contributed by atoms with Crippen molar-refractivity contribution < 1.29 is 192 Å². The molecule has 5 nitrogen and oxygen atoms in total. The second-order valence-corrected chi connectivity index (χ2v) is 1.28. The quantitative estimate of drug-likeness (QED) is 0.327. The van der Waals surface area contributed by atoms with Crippen molar-refractivity contribution in [2.75, 3.05) is 7.11 Å². The van der Waals surface area contributed by atoms with Crippen LogP contribution in [0.25, 0.3) is 0 Å². The first-order valence-corrected chi connectivity index (χ1v) is 2.34. The van der Waals surface area contributed by atoms with E-state index >= 15 is 0 Å². The predicted octanol–water partition coefficient (Wildman–Crippen LogP) is -12.2. The molecule has 72 valence electrons. The van der Waals surface area contributed by atoms with E-state index in [4.69, 9.17) is 15.1 Å². The fraction of sp³-hybridized carbons (Fsp3) is 0.667. The molecule has 0 aromatic carbocycles. The topological polar surface area (TPSA) is 95.5 Å². The van der Waals surface area contributed by atoms with Crippen molar-refractivity contribution >= 4 is 13.3 Å². The molecule has 0 saturated carbocycles. The number of carbonyl (C=O) groups excluding carboxylic acids is 1. The molecular formula is C3H3BF3K3O5. The van der Waals surface area contributed by atoms with Gasteiger partial charge in [-0.15, -0.1) is 0 Å². The van der Waals surface area contributed by atoms with Crippen molar-refractivity contribution in [3.05, 3.63) is 0 Å². The smallest absolute Gasteiger partial charge is 0.907 e. The summed E-state index contributed by atoms with van der Waals surface area (Å²) in [5, 5.41) is 25.2. The number of hydrogen-bond acceptors (Lipinski definition) is 5. The monoisotopic (exact) mass is 304 g/mol. The molecule has 0 aromatic rings. The van der Waals surface area contributed by atoms with Crippen LogP contribution in [-0.4, -0.2) is 26.6 Å². The maximum absolute atomic E-state index is 11.0. The van der Waals surface area contributed by atoms with Gasteiger partial charge in [-0.1, -0.05) is 0 Å². The predicted molar refractivity (Wildman–Crippen MR) is 23.8 cm³/mol. The standard InChI is InChI=1S/C3H3F3O2.BO3.3K/c1-8-2(7)3(4,5)6;2-1(3)4;;;/h1H3;;;;/q;-3;3*+1. The Balaban J connectivity index is -0.0000000424. The van der Waals surface area contributed by atoms with Gasteiger partial charge in [-0.05, 0) is 0 Å². The molecule has 0 aliphatic heterocycles. The van der Waals surface area contributed by atoms with Crippen LogP contribution in [0.1, 0.15) is 0 Å². The van der Waals surface area contributed by atoms with Crippen molar-refractivity contribution in [3.63, 3.8) is 0 Å². The first kappa shape index (κ1) is 31.5. The summed E-state index contributed by atoms with van der Waals surface area (Å²) in [5.74, 6) is -2.17. The Morgan fingerprint density at radius 2 is 1.33 bits per heavy atom. The van der Waals surface area contributed by atoms with Gasteiger partial charge in [0.2, 0.25) is 0 Å². The van der Waals surface area contributed by atoms with Gasteiger partial charge < -0.3 is 19.8 Å². The summed E-state index contributed by atoms with van der Waals surface area (Å²) >= 11 is 0. The molecule has 0 aromatic heterocycles. The molecule has 0 saturated heterocycles. The van der Waals surface area contributed by atoms with Crippen LogP contribution in [0, 0.1) is 0 Å². The molecule has 0 atom stereocenters. The van der Waals surface area contributed by atoms with E-state index < -0.39 is 19.5 Å². The third-order valence-corrected chi connectivity index (χ3v) is 0.417. The summed E-state index contributed by atoms with van der Waals surface area (Å²) in [6, 6.07) is 0. The molecule has 12 heteroatoms. The van der Waals surface area contributed by atoms with Gasteiger partial charge in [0.25, 0.3) is 0 Å². The van der Waals surface area contributed by atoms with E-state index in [1.54, 1.807) is 0 Å². The third kappa shape index (κ3) is 32.1. The van der Waals surface area contributed by atoms with E-state index in [9.17, 15) is 18.0 Å². The number of hydrogen-bond donors (Lipinski definition) is 0. The zero-order valence-electron chi connectivity index (χ0n) is 8.75. The van der Waals surface area contributed by atoms with Crippen molar-refractivity contribution in [1.29, 1.82) is 0 Å². The maximum Gasteiger partial charge on any atom is 1.00 e. The number of alkyl halides is 3. The number of methoxy groups -OCH3 is 1. The Labute approximate surface area is 212 Å². The normalized spacial score (nSPS) is 7.67. The summed E-state index contributed by atoms with van der Waals surface area (Å²) in [5.41, 5.74) is 0. The summed E-state index contributed by atoms with van der Waals surface area (Å²) in [7, 11) is -2.24. The SMILES string of the molecule is COC(=O)C(F)(F)F.[K+].[K+].[K+].[O-]B([O-])[O-]. The van der Waals surface area contributed by atoms with Crippen molar-refractivity contribution in [1.82, 2.24) is 0 Å². The minimum absolute atomic E-state index is 0. The van der Waals surface area contributed by atoms with Crippen molar-refractivity contribution in [2.45, 2.75) is 6.18 Å². The van der Waals surface area contributed by atoms with E-state index in [0.717, 1.165) is 0 Å². The molecule has 0 spiro atoms. The number of ether oxygens (including phenoxy) is 1. The Hall–Kier alpha value is 4.11. The summed E-state index contributed by atoms with van der Waals surface area (Å²) in [6.45, 7) is 0. The molecule has 0 fully saturated rings. The fourth-order valence-electron chi connectivity index (χ4n) is 0.116. The molecule has 0 amide bonds. The van der Waals surface area contributed by atoms with Crippen LogP contribution >= 0.6 is 0 Å². The molecule has 0 heterocycles. The van der Waals surface area contributed by atoms with Crippen molar-refractivity contribution in [2.24, 2.45) is 0 Å².